The number of aromatic amines is 1. The van der Waals surface area contributed by atoms with Gasteiger partial charge in [0.05, 0.1) is 11.0 Å². The highest BCUT2D eigenvalue weighted by molar-refractivity contribution is 5.96. The van der Waals surface area contributed by atoms with Crippen LogP contribution < -0.4 is 10.6 Å². The highest BCUT2D eigenvalue weighted by atomic mass is 16.2. The second-order valence-electron chi connectivity index (χ2n) is 7.28. The van der Waals surface area contributed by atoms with Gasteiger partial charge in [-0.05, 0) is 49.2 Å². The number of carbonyl (C=O) groups is 2. The highest BCUT2D eigenvalue weighted by Gasteiger charge is 2.17. The third kappa shape index (κ3) is 4.39. The summed E-state index contributed by atoms with van der Waals surface area (Å²) in [5.41, 5.74) is 3.19. The van der Waals surface area contributed by atoms with Crippen molar-refractivity contribution in [2.24, 2.45) is 0 Å². The smallest absolute Gasteiger partial charge is 0.251 e. The Labute approximate surface area is 163 Å². The van der Waals surface area contributed by atoms with Crippen molar-refractivity contribution in [2.75, 3.05) is 5.32 Å². The normalized spacial score (nSPS) is 14.3. The van der Waals surface area contributed by atoms with E-state index in [9.17, 15) is 9.59 Å². The summed E-state index contributed by atoms with van der Waals surface area (Å²) in [4.78, 5) is 32.2. The van der Waals surface area contributed by atoms with Crippen molar-refractivity contribution in [3.63, 3.8) is 0 Å². The van der Waals surface area contributed by atoms with Crippen molar-refractivity contribution in [3.05, 3.63) is 59.9 Å². The Morgan fingerprint density at radius 3 is 2.54 bits per heavy atom. The predicted molar refractivity (Wildman–Crippen MR) is 109 cm³/mol. The molecule has 6 nitrogen and oxygen atoms in total. The number of H-pyrrole nitrogens is 1. The molecule has 0 bridgehead atoms. The topological polar surface area (TPSA) is 86.9 Å². The first-order valence-corrected chi connectivity index (χ1v) is 9.82. The van der Waals surface area contributed by atoms with Gasteiger partial charge in [-0.3, -0.25) is 9.59 Å². The molecule has 3 N–H and O–H groups in total. The van der Waals surface area contributed by atoms with Crippen LogP contribution in [-0.2, 0) is 11.2 Å². The van der Waals surface area contributed by atoms with Gasteiger partial charge in [-0.25, -0.2) is 4.98 Å². The lowest BCUT2D eigenvalue weighted by Gasteiger charge is -2.12. The van der Waals surface area contributed by atoms with Gasteiger partial charge < -0.3 is 15.6 Å². The molecule has 0 atom stereocenters. The number of aromatic nitrogens is 2. The number of para-hydroxylation sites is 2. The molecule has 1 aliphatic rings. The number of rotatable bonds is 6. The maximum Gasteiger partial charge on any atom is 0.251 e. The number of fused-ring (bicyclic) bond motifs is 1. The Bertz CT molecular complexity index is 939. The molecule has 2 aromatic carbocycles. The van der Waals surface area contributed by atoms with Crippen LogP contribution in [0.5, 0.6) is 0 Å². The fourth-order valence-electron chi connectivity index (χ4n) is 3.62. The van der Waals surface area contributed by atoms with E-state index in [0.29, 0.717) is 30.1 Å². The average molecular weight is 376 g/mol. The first-order chi connectivity index (χ1) is 13.7. The maximum absolute atomic E-state index is 12.3. The van der Waals surface area contributed by atoms with Crippen LogP contribution >= 0.6 is 0 Å². The van der Waals surface area contributed by atoms with Crippen molar-refractivity contribution in [1.82, 2.24) is 15.3 Å². The molecule has 0 saturated heterocycles. The van der Waals surface area contributed by atoms with Gasteiger partial charge in [0.1, 0.15) is 5.82 Å². The zero-order valence-corrected chi connectivity index (χ0v) is 15.7. The van der Waals surface area contributed by atoms with Crippen molar-refractivity contribution in [3.8, 4) is 0 Å². The Morgan fingerprint density at radius 1 is 1.04 bits per heavy atom. The van der Waals surface area contributed by atoms with E-state index in [0.717, 1.165) is 29.7 Å². The van der Waals surface area contributed by atoms with Crippen LogP contribution in [0.3, 0.4) is 0 Å². The molecule has 0 aliphatic heterocycles. The molecule has 1 fully saturated rings. The summed E-state index contributed by atoms with van der Waals surface area (Å²) in [5, 5.41) is 5.94. The fraction of sp³-hybridized carbons (Fsp3) is 0.318. The molecule has 1 aliphatic carbocycles. The summed E-state index contributed by atoms with van der Waals surface area (Å²) in [6.45, 7) is 0. The zero-order chi connectivity index (χ0) is 19.3. The van der Waals surface area contributed by atoms with E-state index in [1.165, 1.54) is 12.8 Å². The SMILES string of the molecule is O=C(CCc1nc2ccccc2[nH]1)Nc1ccc(C(=O)NC2CCCC2)cc1. The second kappa shape index (κ2) is 8.25. The van der Waals surface area contributed by atoms with Crippen molar-refractivity contribution in [1.29, 1.82) is 0 Å². The Morgan fingerprint density at radius 2 is 1.79 bits per heavy atom. The summed E-state index contributed by atoms with van der Waals surface area (Å²) in [7, 11) is 0. The van der Waals surface area contributed by atoms with Crippen molar-refractivity contribution < 1.29 is 9.59 Å². The lowest BCUT2D eigenvalue weighted by atomic mass is 10.1. The van der Waals surface area contributed by atoms with Crippen LogP contribution in [0, 0.1) is 0 Å². The number of carbonyl (C=O) groups excluding carboxylic acids is 2. The Hall–Kier alpha value is -3.15. The number of hydrogen-bond acceptors (Lipinski definition) is 3. The van der Waals surface area contributed by atoms with Crippen molar-refractivity contribution in [2.45, 2.75) is 44.6 Å². The Balaban J connectivity index is 1.28. The quantitative estimate of drug-likeness (QED) is 0.611. The number of anilines is 1. The minimum atomic E-state index is -0.0800. The summed E-state index contributed by atoms with van der Waals surface area (Å²) in [6, 6.07) is 15.1. The minimum absolute atomic E-state index is 0.0466. The molecule has 28 heavy (non-hydrogen) atoms. The zero-order valence-electron chi connectivity index (χ0n) is 15.7. The van der Waals surface area contributed by atoms with Crippen LogP contribution in [0.4, 0.5) is 5.69 Å². The van der Waals surface area contributed by atoms with Gasteiger partial charge in [-0.15, -0.1) is 0 Å². The number of benzene rings is 2. The molecular formula is C22H24N4O2. The van der Waals surface area contributed by atoms with Crippen molar-refractivity contribution >= 4 is 28.5 Å². The largest absolute Gasteiger partial charge is 0.349 e. The van der Waals surface area contributed by atoms with Crippen LogP contribution in [0.2, 0.25) is 0 Å². The first-order valence-electron chi connectivity index (χ1n) is 9.82. The number of nitrogens with one attached hydrogen (secondary N) is 3. The van der Waals surface area contributed by atoms with Gasteiger partial charge in [0.15, 0.2) is 0 Å². The van der Waals surface area contributed by atoms with Crippen LogP contribution in [0.1, 0.15) is 48.3 Å². The van der Waals surface area contributed by atoms with Gasteiger partial charge in [-0.2, -0.15) is 0 Å². The summed E-state index contributed by atoms with van der Waals surface area (Å²) in [6.07, 6.45) is 5.37. The van der Waals surface area contributed by atoms with E-state index in [1.807, 2.05) is 24.3 Å². The molecule has 2 amide bonds. The summed E-state index contributed by atoms with van der Waals surface area (Å²) >= 11 is 0. The lowest BCUT2D eigenvalue weighted by molar-refractivity contribution is -0.116. The third-order valence-corrected chi connectivity index (χ3v) is 5.15. The Kier molecular flexibility index (Phi) is 5.37. The summed E-state index contributed by atoms with van der Waals surface area (Å²) < 4.78 is 0. The van der Waals surface area contributed by atoms with E-state index in [1.54, 1.807) is 24.3 Å². The van der Waals surface area contributed by atoms with E-state index >= 15 is 0 Å². The molecule has 1 aromatic heterocycles. The number of nitrogens with zero attached hydrogens (tertiary/aromatic N) is 1. The van der Waals surface area contributed by atoms with Gasteiger partial charge >= 0.3 is 0 Å². The van der Waals surface area contributed by atoms with Gasteiger partial charge in [-0.1, -0.05) is 25.0 Å². The van der Waals surface area contributed by atoms with Crippen LogP contribution in [0.15, 0.2) is 48.5 Å². The monoisotopic (exact) mass is 376 g/mol. The van der Waals surface area contributed by atoms with Crippen LogP contribution in [0.25, 0.3) is 11.0 Å². The summed E-state index contributed by atoms with van der Waals surface area (Å²) in [5.74, 6) is 0.675. The molecule has 0 radical (unpaired) electrons. The standard InChI is InChI=1S/C22H24N4O2/c27-21(14-13-20-25-18-7-3-4-8-19(18)26-20)23-17-11-9-15(10-12-17)22(28)24-16-5-1-2-6-16/h3-4,7-12,16H,1-2,5-6,13-14H2,(H,23,27)(H,24,28)(H,25,26). The van der Waals surface area contributed by atoms with E-state index in [2.05, 4.69) is 20.6 Å². The first kappa shape index (κ1) is 18.2. The number of aryl methyl sites for hydroxylation is 1. The van der Waals surface area contributed by atoms with Gasteiger partial charge in [0.2, 0.25) is 5.91 Å². The predicted octanol–water partition coefficient (Wildman–Crippen LogP) is 3.81. The molecule has 3 aromatic rings. The molecule has 0 unspecified atom stereocenters. The van der Waals surface area contributed by atoms with Crippen LogP contribution in [-0.4, -0.2) is 27.8 Å². The lowest BCUT2D eigenvalue weighted by Crippen LogP contribution is -2.32. The third-order valence-electron chi connectivity index (χ3n) is 5.15. The molecule has 4 rings (SSSR count). The maximum atomic E-state index is 12.3. The number of amides is 2. The molecule has 0 spiro atoms. The molecular weight excluding hydrogens is 352 g/mol. The van der Waals surface area contributed by atoms with Gasteiger partial charge in [0.25, 0.3) is 5.91 Å². The van der Waals surface area contributed by atoms with E-state index in [-0.39, 0.29) is 11.8 Å². The number of imidazole rings is 1. The van der Waals surface area contributed by atoms with E-state index in [4.69, 9.17) is 0 Å². The molecule has 1 saturated carbocycles. The van der Waals surface area contributed by atoms with E-state index < -0.39 is 0 Å². The molecule has 1 heterocycles. The average Bonchev–Trinajstić information content (AvgIpc) is 3.36. The number of hydrogen-bond donors (Lipinski definition) is 3. The molecule has 144 valence electrons. The second-order valence-corrected chi connectivity index (χ2v) is 7.28. The fourth-order valence-corrected chi connectivity index (χ4v) is 3.62. The highest BCUT2D eigenvalue weighted by Crippen LogP contribution is 2.18. The van der Waals surface area contributed by atoms with Gasteiger partial charge in [0, 0.05) is 30.1 Å². The molecule has 6 heteroatoms. The minimum Gasteiger partial charge on any atom is -0.349 e.